The van der Waals surface area contributed by atoms with Gasteiger partial charge in [0.2, 0.25) is 0 Å². The lowest BCUT2D eigenvalue weighted by molar-refractivity contribution is 0.128. The largest absolute Gasteiger partial charge is 0.375 e. The zero-order valence-electron chi connectivity index (χ0n) is 8.64. The predicted octanol–water partition coefficient (Wildman–Crippen LogP) is 2.88. The third-order valence-electron chi connectivity index (χ3n) is 2.07. The lowest BCUT2D eigenvalue weighted by atomic mass is 10.2. The Hall–Kier alpha value is -1.61. The molecule has 0 aliphatic carbocycles. The first-order valence-electron chi connectivity index (χ1n) is 4.99. The molecule has 0 bridgehead atoms. The maximum absolute atomic E-state index is 5.25. The topological polar surface area (TPSA) is 35.3 Å². The van der Waals surface area contributed by atoms with E-state index in [1.807, 2.05) is 43.3 Å². The summed E-state index contributed by atoms with van der Waals surface area (Å²) in [5.74, 6) is 0.783. The van der Waals surface area contributed by atoms with Crippen LogP contribution in [0.1, 0.15) is 12.6 Å². The van der Waals surface area contributed by atoms with Crippen LogP contribution in [0.25, 0.3) is 11.3 Å². The molecule has 1 aromatic carbocycles. The molecule has 1 aromatic heterocycles. The van der Waals surface area contributed by atoms with E-state index in [2.05, 4.69) is 5.16 Å². The SMILES string of the molecule is CCOCc1cc(-c2ccccc2)on1. The number of aromatic nitrogens is 1. The molecule has 3 heteroatoms. The molecule has 1 heterocycles. The summed E-state index contributed by atoms with van der Waals surface area (Å²) in [5, 5.41) is 3.93. The highest BCUT2D eigenvalue weighted by molar-refractivity contribution is 5.56. The molecule has 0 N–H and O–H groups in total. The zero-order valence-corrected chi connectivity index (χ0v) is 8.64. The van der Waals surface area contributed by atoms with Crippen molar-refractivity contribution in [2.24, 2.45) is 0 Å². The number of ether oxygens (including phenoxy) is 1. The predicted molar refractivity (Wildman–Crippen MR) is 57.3 cm³/mol. The van der Waals surface area contributed by atoms with Gasteiger partial charge in [0.1, 0.15) is 5.69 Å². The van der Waals surface area contributed by atoms with Gasteiger partial charge in [0.25, 0.3) is 0 Å². The first kappa shape index (κ1) is 9.93. The molecule has 15 heavy (non-hydrogen) atoms. The van der Waals surface area contributed by atoms with Crippen molar-refractivity contribution in [2.45, 2.75) is 13.5 Å². The van der Waals surface area contributed by atoms with Crippen LogP contribution in [0.4, 0.5) is 0 Å². The normalized spacial score (nSPS) is 10.5. The van der Waals surface area contributed by atoms with Crippen LogP contribution in [0.3, 0.4) is 0 Å². The summed E-state index contributed by atoms with van der Waals surface area (Å²) >= 11 is 0. The molecular formula is C12H13NO2. The molecule has 0 amide bonds. The highest BCUT2D eigenvalue weighted by atomic mass is 16.5. The van der Waals surface area contributed by atoms with Crippen LogP contribution in [-0.4, -0.2) is 11.8 Å². The van der Waals surface area contributed by atoms with Gasteiger partial charge >= 0.3 is 0 Å². The number of nitrogens with zero attached hydrogens (tertiary/aromatic N) is 1. The van der Waals surface area contributed by atoms with Crippen molar-refractivity contribution in [3.8, 4) is 11.3 Å². The van der Waals surface area contributed by atoms with Crippen LogP contribution in [0, 0.1) is 0 Å². The van der Waals surface area contributed by atoms with E-state index in [-0.39, 0.29) is 0 Å². The fourth-order valence-corrected chi connectivity index (χ4v) is 1.32. The Labute approximate surface area is 88.7 Å². The van der Waals surface area contributed by atoms with Crippen molar-refractivity contribution in [2.75, 3.05) is 6.61 Å². The molecule has 2 aromatic rings. The first-order chi connectivity index (χ1) is 7.40. The van der Waals surface area contributed by atoms with Crippen LogP contribution < -0.4 is 0 Å². The third-order valence-corrected chi connectivity index (χ3v) is 2.07. The van der Waals surface area contributed by atoms with E-state index < -0.39 is 0 Å². The molecule has 0 aliphatic rings. The van der Waals surface area contributed by atoms with Gasteiger partial charge in [0.15, 0.2) is 5.76 Å². The minimum atomic E-state index is 0.507. The van der Waals surface area contributed by atoms with Gasteiger partial charge in [0.05, 0.1) is 6.61 Å². The van der Waals surface area contributed by atoms with Crippen LogP contribution in [0.2, 0.25) is 0 Å². The van der Waals surface area contributed by atoms with Crippen LogP contribution in [0.15, 0.2) is 40.9 Å². The molecule has 0 aliphatic heterocycles. The summed E-state index contributed by atoms with van der Waals surface area (Å²) < 4.78 is 10.5. The number of hydrogen-bond donors (Lipinski definition) is 0. The van der Waals surface area contributed by atoms with Gasteiger partial charge in [-0.3, -0.25) is 0 Å². The van der Waals surface area contributed by atoms with E-state index in [0.29, 0.717) is 13.2 Å². The fraction of sp³-hybridized carbons (Fsp3) is 0.250. The second-order valence-electron chi connectivity index (χ2n) is 3.19. The fourth-order valence-electron chi connectivity index (χ4n) is 1.32. The molecule has 0 spiro atoms. The summed E-state index contributed by atoms with van der Waals surface area (Å²) in [6.07, 6.45) is 0. The highest BCUT2D eigenvalue weighted by Gasteiger charge is 2.05. The minimum absolute atomic E-state index is 0.507. The van der Waals surface area contributed by atoms with Crippen molar-refractivity contribution in [3.63, 3.8) is 0 Å². The first-order valence-corrected chi connectivity index (χ1v) is 4.99. The van der Waals surface area contributed by atoms with Gasteiger partial charge in [-0.05, 0) is 6.92 Å². The van der Waals surface area contributed by atoms with Crippen molar-refractivity contribution >= 4 is 0 Å². The Bertz CT molecular complexity index is 409. The van der Waals surface area contributed by atoms with E-state index in [1.54, 1.807) is 0 Å². The maximum Gasteiger partial charge on any atom is 0.167 e. The van der Waals surface area contributed by atoms with Crippen LogP contribution in [-0.2, 0) is 11.3 Å². The smallest absolute Gasteiger partial charge is 0.167 e. The molecule has 0 unspecified atom stereocenters. The van der Waals surface area contributed by atoms with E-state index in [4.69, 9.17) is 9.26 Å². The summed E-state index contributed by atoms with van der Waals surface area (Å²) in [7, 11) is 0. The monoisotopic (exact) mass is 203 g/mol. The molecule has 0 radical (unpaired) electrons. The van der Waals surface area contributed by atoms with E-state index in [1.165, 1.54) is 0 Å². The molecule has 0 saturated carbocycles. The minimum Gasteiger partial charge on any atom is -0.375 e. The van der Waals surface area contributed by atoms with Crippen molar-refractivity contribution in [1.29, 1.82) is 0 Å². The molecule has 0 atom stereocenters. The van der Waals surface area contributed by atoms with E-state index in [9.17, 15) is 0 Å². The molecule has 0 saturated heterocycles. The van der Waals surface area contributed by atoms with Gasteiger partial charge in [0, 0.05) is 18.2 Å². The molecule has 2 rings (SSSR count). The molecule has 0 fully saturated rings. The Kier molecular flexibility index (Phi) is 3.15. The van der Waals surface area contributed by atoms with E-state index in [0.717, 1.165) is 17.0 Å². The molecular weight excluding hydrogens is 190 g/mol. The second kappa shape index (κ2) is 4.75. The summed E-state index contributed by atoms with van der Waals surface area (Å²) in [4.78, 5) is 0. The Morgan fingerprint density at radius 3 is 2.80 bits per heavy atom. The number of rotatable bonds is 4. The second-order valence-corrected chi connectivity index (χ2v) is 3.19. The molecule has 3 nitrogen and oxygen atoms in total. The Balaban J connectivity index is 2.14. The third kappa shape index (κ3) is 2.44. The lowest BCUT2D eigenvalue weighted by Crippen LogP contribution is -1.90. The quantitative estimate of drug-likeness (QED) is 0.766. The van der Waals surface area contributed by atoms with Crippen LogP contribution in [0.5, 0.6) is 0 Å². The van der Waals surface area contributed by atoms with Crippen molar-refractivity contribution in [3.05, 3.63) is 42.1 Å². The van der Waals surface area contributed by atoms with Gasteiger partial charge in [-0.25, -0.2) is 0 Å². The highest BCUT2D eigenvalue weighted by Crippen LogP contribution is 2.19. The summed E-state index contributed by atoms with van der Waals surface area (Å²) in [6.45, 7) is 3.15. The van der Waals surface area contributed by atoms with Gasteiger partial charge in [-0.2, -0.15) is 0 Å². The lowest BCUT2D eigenvalue weighted by Gasteiger charge is -1.93. The van der Waals surface area contributed by atoms with Crippen molar-refractivity contribution < 1.29 is 9.26 Å². The Morgan fingerprint density at radius 1 is 1.27 bits per heavy atom. The average Bonchev–Trinajstić information content (AvgIpc) is 2.76. The molecule has 78 valence electrons. The number of hydrogen-bond acceptors (Lipinski definition) is 3. The van der Waals surface area contributed by atoms with Gasteiger partial charge in [-0.15, -0.1) is 0 Å². The van der Waals surface area contributed by atoms with Crippen molar-refractivity contribution in [1.82, 2.24) is 5.16 Å². The zero-order chi connectivity index (χ0) is 10.5. The van der Waals surface area contributed by atoms with Gasteiger partial charge < -0.3 is 9.26 Å². The summed E-state index contributed by atoms with van der Waals surface area (Å²) in [5.41, 5.74) is 1.86. The Morgan fingerprint density at radius 2 is 2.07 bits per heavy atom. The van der Waals surface area contributed by atoms with Crippen LogP contribution >= 0.6 is 0 Å². The average molecular weight is 203 g/mol. The summed E-state index contributed by atoms with van der Waals surface area (Å²) in [6, 6.07) is 11.8. The standard InChI is InChI=1S/C12H13NO2/c1-2-14-9-11-8-12(15-13-11)10-6-4-3-5-7-10/h3-8H,2,9H2,1H3. The van der Waals surface area contributed by atoms with E-state index >= 15 is 0 Å². The maximum atomic E-state index is 5.25. The number of benzene rings is 1. The van der Waals surface area contributed by atoms with Gasteiger partial charge in [-0.1, -0.05) is 35.5 Å².